The number of allylic oxidation sites excluding steroid dienone is 6. The monoisotopic (exact) mass is 545 g/mol. The van der Waals surface area contributed by atoms with Gasteiger partial charge in [0.05, 0.1) is 12.1 Å². The van der Waals surface area contributed by atoms with Crippen LogP contribution in [0.2, 0.25) is 0 Å². The summed E-state index contributed by atoms with van der Waals surface area (Å²) < 4.78 is 11.4. The van der Waals surface area contributed by atoms with Gasteiger partial charge in [-0.25, -0.2) is 0 Å². The summed E-state index contributed by atoms with van der Waals surface area (Å²) in [7, 11) is 1.59. The van der Waals surface area contributed by atoms with E-state index in [1.54, 1.807) is 19.4 Å². The number of nitrogens with zero attached hydrogens (tertiary/aromatic N) is 1. The number of ether oxygens (including phenoxy) is 2. The molecule has 7 heteroatoms. The molecule has 0 saturated heterocycles. The second-order valence-electron chi connectivity index (χ2n) is 9.82. The molecule has 0 bridgehead atoms. The molecule has 39 heavy (non-hydrogen) atoms. The van der Waals surface area contributed by atoms with Gasteiger partial charge in [-0.3, -0.25) is 9.59 Å². The van der Waals surface area contributed by atoms with Crippen LogP contribution in [0, 0.1) is 5.92 Å². The number of hydrogen-bond acceptors (Lipinski definition) is 6. The summed E-state index contributed by atoms with van der Waals surface area (Å²) in [6.07, 6.45) is 10.4. The third-order valence-corrected chi connectivity index (χ3v) is 7.18. The lowest BCUT2D eigenvalue weighted by Gasteiger charge is -2.34. The second kappa shape index (κ2) is 11.5. The van der Waals surface area contributed by atoms with Crippen LogP contribution in [0.3, 0.4) is 0 Å². The van der Waals surface area contributed by atoms with Gasteiger partial charge in [-0.05, 0) is 68.3 Å². The number of halogens is 1. The number of aliphatic hydroxyl groups is 1. The van der Waals surface area contributed by atoms with E-state index in [2.05, 4.69) is 19.9 Å². The third kappa shape index (κ3) is 5.77. The summed E-state index contributed by atoms with van der Waals surface area (Å²) in [6.45, 7) is 7.49. The number of Topliss-reactive ketones (excluding diaryl/α,β-unsaturated/α-hetero) is 2. The van der Waals surface area contributed by atoms with Gasteiger partial charge in [0.15, 0.2) is 17.1 Å². The Bertz CT molecular complexity index is 1440. The van der Waals surface area contributed by atoms with E-state index >= 15 is 0 Å². The number of ketones is 2. The lowest BCUT2D eigenvalue weighted by molar-refractivity contribution is -0.144. The molecule has 0 spiro atoms. The Balaban J connectivity index is 1.74. The summed E-state index contributed by atoms with van der Waals surface area (Å²) in [6, 6.07) is 14.7. The standard InChI is InChI=1S/C32H32ClNO5/c1-6-20(2)17-21(3)11-12-23-18-25-26(30(35)32(4,37)31(36)29(25)33)19-34(23)22-13-15-24(16-14-22)39-28-10-8-7-9-27(28)38-5/h7-20,37H,6H2,1-5H3/b12-11+,21-17+/t20-,32+/m0/s1. The number of rotatable bonds is 8. The fraction of sp³-hybridized carbons (Fsp3) is 0.250. The van der Waals surface area contributed by atoms with Crippen LogP contribution >= 0.6 is 11.6 Å². The van der Waals surface area contributed by atoms with Gasteiger partial charge in [-0.15, -0.1) is 0 Å². The van der Waals surface area contributed by atoms with E-state index in [1.165, 1.54) is 6.92 Å². The third-order valence-electron chi connectivity index (χ3n) is 6.80. The van der Waals surface area contributed by atoms with Gasteiger partial charge in [0, 0.05) is 28.7 Å². The first kappa shape index (κ1) is 28.1. The van der Waals surface area contributed by atoms with Crippen LogP contribution in [-0.2, 0) is 9.59 Å². The Morgan fingerprint density at radius 2 is 1.77 bits per heavy atom. The number of methoxy groups -OCH3 is 1. The molecule has 4 rings (SSSR count). The maximum atomic E-state index is 13.1. The van der Waals surface area contributed by atoms with Crippen LogP contribution in [0.25, 0.3) is 0 Å². The predicted octanol–water partition coefficient (Wildman–Crippen LogP) is 7.02. The number of hydrogen-bond donors (Lipinski definition) is 1. The minimum Gasteiger partial charge on any atom is -0.493 e. The van der Waals surface area contributed by atoms with Gasteiger partial charge in [-0.2, -0.15) is 0 Å². The molecule has 0 fully saturated rings. The van der Waals surface area contributed by atoms with E-state index in [1.807, 2.05) is 72.5 Å². The van der Waals surface area contributed by atoms with Crippen molar-refractivity contribution in [1.29, 1.82) is 0 Å². The topological polar surface area (TPSA) is 76.1 Å². The summed E-state index contributed by atoms with van der Waals surface area (Å²) in [5, 5.41) is 10.4. The highest BCUT2D eigenvalue weighted by Crippen LogP contribution is 2.40. The van der Waals surface area contributed by atoms with E-state index in [9.17, 15) is 14.7 Å². The highest BCUT2D eigenvalue weighted by molar-refractivity contribution is 6.49. The average molecular weight is 546 g/mol. The summed E-state index contributed by atoms with van der Waals surface area (Å²) >= 11 is 6.37. The van der Waals surface area contributed by atoms with Crippen molar-refractivity contribution in [2.24, 2.45) is 5.92 Å². The quantitative estimate of drug-likeness (QED) is 0.284. The number of carbonyl (C=O) groups excluding carboxylic acids is 2. The molecule has 1 heterocycles. The Hall–Kier alpha value is -3.87. The first-order valence-electron chi connectivity index (χ1n) is 12.8. The van der Waals surface area contributed by atoms with Crippen LogP contribution in [0.5, 0.6) is 17.2 Å². The van der Waals surface area contributed by atoms with E-state index < -0.39 is 17.2 Å². The largest absolute Gasteiger partial charge is 0.493 e. The van der Waals surface area contributed by atoms with E-state index in [-0.39, 0.29) is 10.6 Å². The Kier molecular flexibility index (Phi) is 8.28. The van der Waals surface area contributed by atoms with Gasteiger partial charge in [-0.1, -0.05) is 61.7 Å². The van der Waals surface area contributed by atoms with Crippen molar-refractivity contribution in [3.05, 3.63) is 106 Å². The molecule has 2 atom stereocenters. The first-order chi connectivity index (χ1) is 18.6. The van der Waals surface area contributed by atoms with Crippen molar-refractivity contribution in [3.8, 4) is 17.2 Å². The smallest absolute Gasteiger partial charge is 0.214 e. The molecular formula is C32H32ClNO5. The van der Waals surface area contributed by atoms with Crippen LogP contribution in [0.4, 0.5) is 5.69 Å². The van der Waals surface area contributed by atoms with Crippen LogP contribution < -0.4 is 14.4 Å². The molecule has 2 aliphatic rings. The molecule has 2 aromatic carbocycles. The second-order valence-corrected chi connectivity index (χ2v) is 10.2. The van der Waals surface area contributed by atoms with Crippen LogP contribution in [-0.4, -0.2) is 29.4 Å². The number of carbonyl (C=O) groups is 2. The summed E-state index contributed by atoms with van der Waals surface area (Å²) in [5.74, 6) is 0.741. The van der Waals surface area contributed by atoms with Gasteiger partial charge in [0.25, 0.3) is 0 Å². The highest BCUT2D eigenvalue weighted by Gasteiger charge is 2.48. The average Bonchev–Trinajstić information content (AvgIpc) is 2.94. The molecule has 1 aliphatic heterocycles. The minimum atomic E-state index is -2.22. The van der Waals surface area contributed by atoms with E-state index in [0.717, 1.165) is 17.7 Å². The zero-order valence-corrected chi connectivity index (χ0v) is 23.5. The fourth-order valence-electron chi connectivity index (χ4n) is 4.33. The normalized spacial score (nSPS) is 20.6. The minimum absolute atomic E-state index is 0.163. The van der Waals surface area contributed by atoms with Gasteiger partial charge >= 0.3 is 0 Å². The molecule has 202 valence electrons. The zero-order chi connectivity index (χ0) is 28.3. The van der Waals surface area contributed by atoms with Crippen molar-refractivity contribution in [1.82, 2.24) is 0 Å². The highest BCUT2D eigenvalue weighted by atomic mass is 35.5. The van der Waals surface area contributed by atoms with Crippen molar-refractivity contribution in [2.75, 3.05) is 12.0 Å². The number of para-hydroxylation sites is 2. The maximum absolute atomic E-state index is 13.1. The fourth-order valence-corrected chi connectivity index (χ4v) is 4.67. The number of fused-ring (bicyclic) bond motifs is 1. The Morgan fingerprint density at radius 3 is 2.41 bits per heavy atom. The summed E-state index contributed by atoms with van der Waals surface area (Å²) in [4.78, 5) is 27.6. The lowest BCUT2D eigenvalue weighted by atomic mass is 9.79. The summed E-state index contributed by atoms with van der Waals surface area (Å²) in [5.41, 5.74) is 0.774. The van der Waals surface area contributed by atoms with Gasteiger partial charge < -0.3 is 19.5 Å². The molecule has 0 saturated carbocycles. The molecule has 0 amide bonds. The van der Waals surface area contributed by atoms with Crippen LogP contribution in [0.15, 0.2) is 106 Å². The Morgan fingerprint density at radius 1 is 1.10 bits per heavy atom. The molecule has 0 radical (unpaired) electrons. The van der Waals surface area contributed by atoms with Gasteiger partial charge in [0.2, 0.25) is 11.6 Å². The van der Waals surface area contributed by atoms with Crippen molar-refractivity contribution in [2.45, 2.75) is 39.7 Å². The SMILES string of the molecule is CC[C@H](C)/C=C(C)/C=C/C1=CC2=C(Cl)C(=O)[C@](C)(O)C(=O)C2=CN1c1ccc(Oc2ccccc2OC)cc1. The molecule has 6 nitrogen and oxygen atoms in total. The molecular weight excluding hydrogens is 514 g/mol. The molecule has 1 aliphatic carbocycles. The predicted molar refractivity (Wildman–Crippen MR) is 154 cm³/mol. The van der Waals surface area contributed by atoms with Crippen molar-refractivity contribution in [3.63, 3.8) is 0 Å². The molecule has 1 N–H and O–H groups in total. The van der Waals surface area contributed by atoms with Crippen molar-refractivity contribution >= 4 is 28.9 Å². The molecule has 0 aromatic heterocycles. The van der Waals surface area contributed by atoms with Crippen LogP contribution in [0.1, 0.15) is 34.1 Å². The number of benzene rings is 2. The Labute approximate surface area is 234 Å². The lowest BCUT2D eigenvalue weighted by Crippen LogP contribution is -2.49. The van der Waals surface area contributed by atoms with E-state index in [0.29, 0.717) is 34.4 Å². The van der Waals surface area contributed by atoms with Crippen molar-refractivity contribution < 1.29 is 24.2 Å². The first-order valence-corrected chi connectivity index (χ1v) is 13.2. The van der Waals surface area contributed by atoms with Gasteiger partial charge in [0.1, 0.15) is 5.75 Å². The molecule has 0 unspecified atom stereocenters. The maximum Gasteiger partial charge on any atom is 0.214 e. The van der Waals surface area contributed by atoms with E-state index in [4.69, 9.17) is 21.1 Å². The molecule has 2 aromatic rings. The zero-order valence-electron chi connectivity index (χ0n) is 22.7. The number of anilines is 1.